The molecule has 2 aromatic rings. The summed E-state index contributed by atoms with van der Waals surface area (Å²) >= 11 is 7.51. The van der Waals surface area contributed by atoms with E-state index in [1.807, 2.05) is 0 Å². The molecule has 3 rings (SSSR count). The zero-order valence-corrected chi connectivity index (χ0v) is 13.2. The third-order valence-electron chi connectivity index (χ3n) is 3.21. The quantitative estimate of drug-likeness (QED) is 0.870. The Labute approximate surface area is 135 Å². The van der Waals surface area contributed by atoms with Gasteiger partial charge in [-0.15, -0.1) is 0 Å². The second-order valence-corrected chi connectivity index (χ2v) is 6.03. The van der Waals surface area contributed by atoms with Gasteiger partial charge in [0.1, 0.15) is 11.3 Å². The summed E-state index contributed by atoms with van der Waals surface area (Å²) in [5, 5.41) is 3.67. The first-order chi connectivity index (χ1) is 10.6. The van der Waals surface area contributed by atoms with Crippen LogP contribution in [0.15, 0.2) is 34.3 Å². The fourth-order valence-corrected chi connectivity index (χ4v) is 3.29. The average molecular weight is 338 g/mol. The number of nitrogens with one attached hydrogen (secondary N) is 1. The van der Waals surface area contributed by atoms with Gasteiger partial charge in [0.2, 0.25) is 0 Å². The van der Waals surface area contributed by atoms with Gasteiger partial charge in [0.05, 0.1) is 12.1 Å². The lowest BCUT2D eigenvalue weighted by Gasteiger charge is -2.08. The van der Waals surface area contributed by atoms with Gasteiger partial charge in [0.15, 0.2) is 5.16 Å². The lowest BCUT2D eigenvalue weighted by atomic mass is 10.2. The van der Waals surface area contributed by atoms with Crippen LogP contribution in [-0.2, 0) is 6.54 Å². The number of carbonyl (C=O) groups is 1. The van der Waals surface area contributed by atoms with Gasteiger partial charge in [0.25, 0.3) is 11.5 Å². The van der Waals surface area contributed by atoms with Crippen molar-refractivity contribution in [3.05, 3.63) is 45.3 Å². The van der Waals surface area contributed by atoms with E-state index in [1.54, 1.807) is 18.2 Å². The Morgan fingerprint density at radius 1 is 1.50 bits per heavy atom. The highest BCUT2D eigenvalue weighted by molar-refractivity contribution is 7.99. The Balaban J connectivity index is 1.86. The van der Waals surface area contributed by atoms with Crippen molar-refractivity contribution in [2.24, 2.45) is 0 Å². The van der Waals surface area contributed by atoms with E-state index in [0.717, 1.165) is 5.75 Å². The number of halogens is 1. The third-order valence-corrected chi connectivity index (χ3v) is 4.48. The van der Waals surface area contributed by atoms with Crippen LogP contribution in [-0.4, -0.2) is 28.3 Å². The molecule has 1 aromatic heterocycles. The number of nitrogens with zero attached hydrogens (tertiary/aromatic N) is 2. The number of anilines is 1. The molecule has 0 fully saturated rings. The minimum atomic E-state index is -0.508. The van der Waals surface area contributed by atoms with E-state index >= 15 is 0 Å². The summed E-state index contributed by atoms with van der Waals surface area (Å²) in [6, 6.07) is 4.85. The molecule has 1 amide bonds. The predicted molar refractivity (Wildman–Crippen MR) is 85.2 cm³/mol. The summed E-state index contributed by atoms with van der Waals surface area (Å²) in [4.78, 5) is 28.7. The lowest BCUT2D eigenvalue weighted by Crippen LogP contribution is -2.29. The van der Waals surface area contributed by atoms with Crippen molar-refractivity contribution in [2.45, 2.75) is 11.7 Å². The van der Waals surface area contributed by atoms with Gasteiger partial charge < -0.3 is 10.1 Å². The molecule has 0 atom stereocenters. The Hall–Kier alpha value is -1.99. The van der Waals surface area contributed by atoms with E-state index in [2.05, 4.69) is 10.3 Å². The molecule has 114 valence electrons. The number of fused-ring (bicyclic) bond motifs is 1. The molecule has 0 bridgehead atoms. The van der Waals surface area contributed by atoms with Crippen LogP contribution in [0.5, 0.6) is 5.75 Å². The highest BCUT2D eigenvalue weighted by Crippen LogP contribution is 2.27. The van der Waals surface area contributed by atoms with Crippen molar-refractivity contribution in [3.8, 4) is 5.75 Å². The molecular formula is C14H12ClN3O3S. The highest BCUT2D eigenvalue weighted by atomic mass is 35.5. The molecule has 0 spiro atoms. The number of aromatic nitrogens is 2. The average Bonchev–Trinajstić information content (AvgIpc) is 2.97. The fraction of sp³-hybridized carbons (Fsp3) is 0.214. The van der Waals surface area contributed by atoms with Gasteiger partial charge >= 0.3 is 0 Å². The maximum absolute atomic E-state index is 12.3. The standard InChI is InChI=1S/C14H12ClN3O3S/c1-21-11-3-2-8(6-10(11)15)17-12(19)9-7-16-14-18(13(9)20)4-5-22-14/h2-3,6-7H,4-5H2,1H3,(H,17,19). The molecule has 1 aromatic carbocycles. The van der Waals surface area contributed by atoms with Crippen LogP contribution >= 0.6 is 23.4 Å². The molecule has 0 aliphatic carbocycles. The third kappa shape index (κ3) is 2.69. The van der Waals surface area contributed by atoms with Crippen LogP contribution in [0.3, 0.4) is 0 Å². The maximum atomic E-state index is 12.3. The molecule has 1 aliphatic heterocycles. The van der Waals surface area contributed by atoms with E-state index in [0.29, 0.717) is 28.2 Å². The van der Waals surface area contributed by atoms with Crippen molar-refractivity contribution < 1.29 is 9.53 Å². The van der Waals surface area contributed by atoms with E-state index in [-0.39, 0.29) is 11.1 Å². The van der Waals surface area contributed by atoms with Crippen LogP contribution in [0, 0.1) is 0 Å². The van der Waals surface area contributed by atoms with Gasteiger partial charge in [-0.3, -0.25) is 14.2 Å². The molecular weight excluding hydrogens is 326 g/mol. The molecule has 0 unspecified atom stereocenters. The summed E-state index contributed by atoms with van der Waals surface area (Å²) in [5.74, 6) is 0.795. The number of thioether (sulfide) groups is 1. The fourth-order valence-electron chi connectivity index (χ4n) is 2.12. The molecule has 0 saturated carbocycles. The van der Waals surface area contributed by atoms with Crippen LogP contribution in [0.1, 0.15) is 10.4 Å². The number of amides is 1. The minimum Gasteiger partial charge on any atom is -0.495 e. The largest absolute Gasteiger partial charge is 0.495 e. The first kappa shape index (κ1) is 14.9. The molecule has 22 heavy (non-hydrogen) atoms. The van der Waals surface area contributed by atoms with Gasteiger partial charge in [-0.1, -0.05) is 23.4 Å². The Bertz CT molecular complexity index is 806. The first-order valence-electron chi connectivity index (χ1n) is 6.47. The maximum Gasteiger partial charge on any atom is 0.267 e. The monoisotopic (exact) mass is 337 g/mol. The SMILES string of the molecule is COc1ccc(NC(=O)c2cnc3n(c2=O)CCS3)cc1Cl. The normalized spacial score (nSPS) is 12.8. The second-order valence-electron chi connectivity index (χ2n) is 4.56. The van der Waals surface area contributed by atoms with E-state index in [1.165, 1.54) is 29.6 Å². The van der Waals surface area contributed by atoms with E-state index in [9.17, 15) is 9.59 Å². The van der Waals surface area contributed by atoms with Crippen molar-refractivity contribution in [1.29, 1.82) is 0 Å². The van der Waals surface area contributed by atoms with Crippen LogP contribution in [0.2, 0.25) is 5.02 Å². The van der Waals surface area contributed by atoms with Crippen LogP contribution in [0.25, 0.3) is 0 Å². The summed E-state index contributed by atoms with van der Waals surface area (Å²) in [6.45, 7) is 0.571. The zero-order valence-electron chi connectivity index (χ0n) is 11.6. The lowest BCUT2D eigenvalue weighted by molar-refractivity contribution is 0.102. The molecule has 0 radical (unpaired) electrons. The number of hydrogen-bond acceptors (Lipinski definition) is 5. The Morgan fingerprint density at radius 3 is 3.05 bits per heavy atom. The van der Waals surface area contributed by atoms with E-state index in [4.69, 9.17) is 16.3 Å². The summed E-state index contributed by atoms with van der Waals surface area (Å²) in [5.41, 5.74) is 0.167. The number of ether oxygens (including phenoxy) is 1. The Morgan fingerprint density at radius 2 is 2.32 bits per heavy atom. The van der Waals surface area contributed by atoms with Crippen molar-refractivity contribution in [2.75, 3.05) is 18.2 Å². The molecule has 0 saturated heterocycles. The van der Waals surface area contributed by atoms with Crippen LogP contribution < -0.4 is 15.6 Å². The highest BCUT2D eigenvalue weighted by Gasteiger charge is 2.20. The topological polar surface area (TPSA) is 73.2 Å². The molecule has 6 nitrogen and oxygen atoms in total. The summed E-state index contributed by atoms with van der Waals surface area (Å²) in [6.07, 6.45) is 1.31. The number of benzene rings is 1. The summed E-state index contributed by atoms with van der Waals surface area (Å²) < 4.78 is 6.56. The first-order valence-corrected chi connectivity index (χ1v) is 7.84. The predicted octanol–water partition coefficient (Wildman–Crippen LogP) is 2.26. The molecule has 8 heteroatoms. The van der Waals surface area contributed by atoms with Gasteiger partial charge in [-0.2, -0.15) is 0 Å². The van der Waals surface area contributed by atoms with Gasteiger partial charge in [0, 0.05) is 24.2 Å². The number of methoxy groups -OCH3 is 1. The van der Waals surface area contributed by atoms with Gasteiger partial charge in [-0.05, 0) is 18.2 Å². The van der Waals surface area contributed by atoms with E-state index < -0.39 is 5.91 Å². The van der Waals surface area contributed by atoms with Crippen LogP contribution in [0.4, 0.5) is 5.69 Å². The minimum absolute atomic E-state index is 0.0122. The number of hydrogen-bond donors (Lipinski definition) is 1. The van der Waals surface area contributed by atoms with Crippen molar-refractivity contribution >= 4 is 35.0 Å². The van der Waals surface area contributed by atoms with Crippen molar-refractivity contribution in [3.63, 3.8) is 0 Å². The number of carbonyl (C=O) groups excluding carboxylic acids is 1. The molecule has 2 heterocycles. The molecule has 1 N–H and O–H groups in total. The zero-order chi connectivity index (χ0) is 15.7. The van der Waals surface area contributed by atoms with Crippen molar-refractivity contribution in [1.82, 2.24) is 9.55 Å². The molecule has 1 aliphatic rings. The van der Waals surface area contributed by atoms with Gasteiger partial charge in [-0.25, -0.2) is 4.98 Å². The number of rotatable bonds is 3. The second kappa shape index (κ2) is 6.02. The smallest absolute Gasteiger partial charge is 0.267 e. The Kier molecular flexibility index (Phi) is 4.08. The summed E-state index contributed by atoms with van der Waals surface area (Å²) in [7, 11) is 1.51.